The monoisotopic (exact) mass is 397 g/mol. The molecule has 1 aromatic heterocycles. The second-order valence-corrected chi connectivity index (χ2v) is 8.12. The van der Waals surface area contributed by atoms with Crippen molar-refractivity contribution in [3.05, 3.63) is 84.6 Å². The first-order valence-corrected chi connectivity index (χ1v) is 10.8. The van der Waals surface area contributed by atoms with Gasteiger partial charge in [0.05, 0.1) is 11.7 Å². The zero-order valence-electron chi connectivity index (χ0n) is 17.3. The molecule has 152 valence electrons. The second-order valence-electron chi connectivity index (χ2n) is 8.12. The van der Waals surface area contributed by atoms with Crippen molar-refractivity contribution >= 4 is 22.3 Å². The minimum Gasteiger partial charge on any atom is -0.490 e. The average molecular weight is 398 g/mol. The molecule has 1 saturated carbocycles. The third-order valence-electron chi connectivity index (χ3n) is 6.17. The number of aromatic nitrogens is 2. The van der Waals surface area contributed by atoms with Crippen LogP contribution in [0.15, 0.2) is 79.0 Å². The number of ether oxygens (including phenoxy) is 1. The van der Waals surface area contributed by atoms with Crippen molar-refractivity contribution in [3.63, 3.8) is 0 Å². The number of hydrogen-bond acceptors (Lipinski definition) is 3. The summed E-state index contributed by atoms with van der Waals surface area (Å²) in [6.45, 7) is 2.12. The summed E-state index contributed by atoms with van der Waals surface area (Å²) in [6, 6.07) is 26.0. The van der Waals surface area contributed by atoms with Crippen LogP contribution in [-0.4, -0.2) is 22.3 Å². The number of anilines is 2. The van der Waals surface area contributed by atoms with Crippen molar-refractivity contribution < 1.29 is 4.74 Å². The first-order chi connectivity index (χ1) is 14.8. The average Bonchev–Trinajstić information content (AvgIpc) is 3.28. The molecule has 5 rings (SSSR count). The quantitative estimate of drug-likeness (QED) is 0.424. The van der Waals surface area contributed by atoms with E-state index < -0.39 is 0 Å². The van der Waals surface area contributed by atoms with Gasteiger partial charge in [-0.25, -0.2) is 0 Å². The molecule has 1 aliphatic rings. The first-order valence-electron chi connectivity index (χ1n) is 10.8. The lowest BCUT2D eigenvalue weighted by atomic mass is 9.90. The third-order valence-corrected chi connectivity index (χ3v) is 6.17. The first kappa shape index (κ1) is 18.7. The fraction of sp³-hybridized carbons (Fsp3) is 0.269. The van der Waals surface area contributed by atoms with Gasteiger partial charge in [-0.3, -0.25) is 5.10 Å². The Bertz CT molecular complexity index is 1070. The van der Waals surface area contributed by atoms with Crippen LogP contribution < -0.4 is 9.64 Å². The zero-order chi connectivity index (χ0) is 20.3. The van der Waals surface area contributed by atoms with Crippen LogP contribution in [0.5, 0.6) is 5.75 Å². The number of hydrogen-bond donors (Lipinski definition) is 1. The summed E-state index contributed by atoms with van der Waals surface area (Å²) in [5.74, 6) is 0.973. The van der Waals surface area contributed by atoms with E-state index in [0.29, 0.717) is 6.04 Å². The highest BCUT2D eigenvalue weighted by Gasteiger charge is 2.29. The van der Waals surface area contributed by atoms with Gasteiger partial charge in [0.1, 0.15) is 11.9 Å². The van der Waals surface area contributed by atoms with Crippen LogP contribution >= 0.6 is 0 Å². The molecule has 0 saturated heterocycles. The Kier molecular flexibility index (Phi) is 5.14. The number of benzene rings is 3. The van der Waals surface area contributed by atoms with E-state index in [2.05, 4.69) is 94.8 Å². The lowest BCUT2D eigenvalue weighted by molar-refractivity contribution is 0.143. The van der Waals surface area contributed by atoms with Crippen molar-refractivity contribution in [1.29, 1.82) is 0 Å². The highest BCUT2D eigenvalue weighted by atomic mass is 16.5. The SMILES string of the molecule is Cc1c(OC2CCCC(N(c3ccccc3)c3ccccc3)C2)ccc2[nH]ncc12. The number of aromatic amines is 1. The smallest absolute Gasteiger partial charge is 0.123 e. The van der Waals surface area contributed by atoms with Gasteiger partial charge in [-0.05, 0) is 62.6 Å². The minimum atomic E-state index is 0.210. The molecule has 0 amide bonds. The van der Waals surface area contributed by atoms with Gasteiger partial charge in [0, 0.05) is 34.8 Å². The second kappa shape index (κ2) is 8.23. The number of nitrogens with one attached hydrogen (secondary N) is 1. The van der Waals surface area contributed by atoms with Gasteiger partial charge in [0.25, 0.3) is 0 Å². The molecule has 2 atom stereocenters. The van der Waals surface area contributed by atoms with Gasteiger partial charge in [-0.2, -0.15) is 5.10 Å². The minimum absolute atomic E-state index is 0.210. The molecule has 4 heteroatoms. The van der Waals surface area contributed by atoms with Crippen molar-refractivity contribution in [3.8, 4) is 5.75 Å². The van der Waals surface area contributed by atoms with E-state index in [-0.39, 0.29) is 6.10 Å². The zero-order valence-corrected chi connectivity index (χ0v) is 17.3. The molecule has 1 fully saturated rings. The Balaban J connectivity index is 1.40. The van der Waals surface area contributed by atoms with E-state index >= 15 is 0 Å². The Labute approximate surface area is 177 Å². The van der Waals surface area contributed by atoms with Crippen LogP contribution in [-0.2, 0) is 0 Å². The maximum atomic E-state index is 6.55. The van der Waals surface area contributed by atoms with E-state index in [1.807, 2.05) is 6.20 Å². The number of nitrogens with zero attached hydrogens (tertiary/aromatic N) is 2. The lowest BCUT2D eigenvalue weighted by Crippen LogP contribution is -2.39. The largest absolute Gasteiger partial charge is 0.490 e. The summed E-state index contributed by atoms with van der Waals surface area (Å²) in [6.07, 6.45) is 6.53. The van der Waals surface area contributed by atoms with Crippen molar-refractivity contribution in [1.82, 2.24) is 10.2 Å². The van der Waals surface area contributed by atoms with E-state index in [0.717, 1.165) is 35.1 Å². The predicted molar refractivity (Wildman–Crippen MR) is 123 cm³/mol. The Morgan fingerprint density at radius 1 is 0.900 bits per heavy atom. The van der Waals surface area contributed by atoms with Gasteiger partial charge < -0.3 is 9.64 Å². The molecule has 4 nitrogen and oxygen atoms in total. The Hall–Kier alpha value is -3.27. The Morgan fingerprint density at radius 2 is 1.60 bits per heavy atom. The molecule has 3 aromatic carbocycles. The molecule has 2 unspecified atom stereocenters. The molecule has 0 aliphatic heterocycles. The molecule has 1 aliphatic carbocycles. The molecule has 30 heavy (non-hydrogen) atoms. The maximum absolute atomic E-state index is 6.55. The number of H-pyrrole nitrogens is 1. The number of rotatable bonds is 5. The topological polar surface area (TPSA) is 41.1 Å². The molecule has 0 radical (unpaired) electrons. The van der Waals surface area contributed by atoms with E-state index in [4.69, 9.17) is 4.74 Å². The summed E-state index contributed by atoms with van der Waals surface area (Å²) >= 11 is 0. The molecule has 1 heterocycles. The normalized spacial score (nSPS) is 19.0. The van der Waals surface area contributed by atoms with Crippen LogP contribution in [0.1, 0.15) is 31.2 Å². The van der Waals surface area contributed by atoms with E-state index in [1.165, 1.54) is 24.2 Å². The van der Waals surface area contributed by atoms with Crippen molar-refractivity contribution in [2.75, 3.05) is 4.90 Å². The predicted octanol–water partition coefficient (Wildman–Crippen LogP) is 6.40. The third kappa shape index (κ3) is 3.65. The van der Waals surface area contributed by atoms with Crippen LogP contribution in [0.25, 0.3) is 10.9 Å². The maximum Gasteiger partial charge on any atom is 0.123 e. The highest BCUT2D eigenvalue weighted by molar-refractivity contribution is 5.83. The van der Waals surface area contributed by atoms with Crippen LogP contribution in [0.3, 0.4) is 0 Å². The van der Waals surface area contributed by atoms with E-state index in [9.17, 15) is 0 Å². The van der Waals surface area contributed by atoms with E-state index in [1.54, 1.807) is 0 Å². The summed E-state index contributed by atoms with van der Waals surface area (Å²) in [5, 5.41) is 8.34. The Morgan fingerprint density at radius 3 is 2.30 bits per heavy atom. The summed E-state index contributed by atoms with van der Waals surface area (Å²) in [4.78, 5) is 2.49. The van der Waals surface area contributed by atoms with Gasteiger partial charge in [-0.1, -0.05) is 36.4 Å². The number of fused-ring (bicyclic) bond motifs is 1. The van der Waals surface area contributed by atoms with Crippen molar-refractivity contribution in [2.24, 2.45) is 0 Å². The van der Waals surface area contributed by atoms with Crippen LogP contribution in [0.2, 0.25) is 0 Å². The standard InChI is InChI=1S/C26H27N3O/c1-19-24-18-27-28-25(24)15-16-26(19)30-23-14-8-13-22(17-23)29(20-9-4-2-5-10-20)21-11-6-3-7-12-21/h2-7,9-12,15-16,18,22-23H,8,13-14,17H2,1H3,(H,27,28). The fourth-order valence-corrected chi connectivity index (χ4v) is 4.66. The van der Waals surface area contributed by atoms with Gasteiger partial charge in [-0.15, -0.1) is 0 Å². The van der Waals surface area contributed by atoms with Crippen molar-refractivity contribution in [2.45, 2.75) is 44.8 Å². The highest BCUT2D eigenvalue weighted by Crippen LogP contribution is 2.36. The molecule has 0 spiro atoms. The molecule has 1 N–H and O–H groups in total. The van der Waals surface area contributed by atoms with Crippen LogP contribution in [0.4, 0.5) is 11.4 Å². The molecular formula is C26H27N3O. The molecule has 4 aromatic rings. The van der Waals surface area contributed by atoms with Gasteiger partial charge in [0.2, 0.25) is 0 Å². The summed E-state index contributed by atoms with van der Waals surface area (Å²) < 4.78 is 6.55. The van der Waals surface area contributed by atoms with Gasteiger partial charge in [0.15, 0.2) is 0 Å². The molecular weight excluding hydrogens is 370 g/mol. The lowest BCUT2D eigenvalue weighted by Gasteiger charge is -2.39. The number of para-hydroxylation sites is 2. The van der Waals surface area contributed by atoms with Crippen LogP contribution in [0, 0.1) is 6.92 Å². The summed E-state index contributed by atoms with van der Waals surface area (Å²) in [7, 11) is 0. The summed E-state index contributed by atoms with van der Waals surface area (Å²) in [5.41, 5.74) is 4.70. The fourth-order valence-electron chi connectivity index (χ4n) is 4.66. The van der Waals surface area contributed by atoms with Gasteiger partial charge >= 0.3 is 0 Å². The number of aryl methyl sites for hydroxylation is 1. The molecule has 0 bridgehead atoms.